The van der Waals surface area contributed by atoms with E-state index in [2.05, 4.69) is 112 Å². The summed E-state index contributed by atoms with van der Waals surface area (Å²) in [5.74, 6) is 2.13. The minimum Gasteiger partial charge on any atom is -0.493 e. The molecule has 4 aliphatic heterocycles. The molecule has 8 heterocycles. The summed E-state index contributed by atoms with van der Waals surface area (Å²) in [6, 6.07) is 34.2. The number of amides is 2. The number of nitrogens with one attached hydrogen (secondary N) is 8. The average molecular weight is 1490 g/mol. The van der Waals surface area contributed by atoms with Crippen LogP contribution in [0, 0.1) is 45.2 Å². The number of carboxylic acids is 1. The summed E-state index contributed by atoms with van der Waals surface area (Å²) in [5, 5.41) is 23.9. The molecule has 10 aromatic rings. The molecule has 0 bridgehead atoms. The molecule has 1 fully saturated rings. The predicted octanol–water partition coefficient (Wildman–Crippen LogP) is 14.7. The topological polar surface area (TPSA) is 270 Å². The Morgan fingerprint density at radius 1 is 0.680 bits per heavy atom. The summed E-state index contributed by atoms with van der Waals surface area (Å²) in [5.41, 5.74) is 19.7. The van der Waals surface area contributed by atoms with E-state index in [1.165, 1.54) is 24.8 Å². The van der Waals surface area contributed by atoms with Crippen LogP contribution >= 0.6 is 31.9 Å². The normalized spacial score (nSPS) is 14.6. The van der Waals surface area contributed by atoms with Crippen LogP contribution in [0.5, 0.6) is 23.0 Å². The zero-order valence-electron chi connectivity index (χ0n) is 55.9. The number of para-hydroxylation sites is 2. The van der Waals surface area contributed by atoms with Crippen LogP contribution in [0.25, 0.3) is 45.1 Å². The van der Waals surface area contributed by atoms with Crippen molar-refractivity contribution in [3.05, 3.63) is 211 Å². The average Bonchev–Trinajstić information content (AvgIpc) is 1.17. The molecule has 0 radical (unpaired) electrons. The number of halogens is 4. The highest BCUT2D eigenvalue weighted by Gasteiger charge is 2.27. The van der Waals surface area contributed by atoms with Gasteiger partial charge in [-0.1, -0.05) is 68.3 Å². The summed E-state index contributed by atoms with van der Waals surface area (Å²) >= 11 is 6.52. The summed E-state index contributed by atoms with van der Waals surface area (Å²) < 4.78 is 52.8. The number of hydrazine groups is 2. The minimum absolute atomic E-state index is 0.0390. The first kappa shape index (κ1) is 70.6. The molecule has 516 valence electrons. The molecule has 100 heavy (non-hydrogen) atoms. The van der Waals surface area contributed by atoms with Gasteiger partial charge in [-0.15, -0.1) is 5.53 Å². The Labute approximate surface area is 592 Å². The number of aromatic amines is 2. The lowest BCUT2D eigenvalue weighted by Crippen LogP contribution is -2.37. The molecule has 1 saturated heterocycles. The van der Waals surface area contributed by atoms with Crippen LogP contribution in [0.4, 0.5) is 43.2 Å². The summed E-state index contributed by atoms with van der Waals surface area (Å²) in [4.78, 5) is 61.0. The number of nitrogens with zero attached hydrogens (tertiary/aromatic N) is 6. The smallest absolute Gasteiger partial charge is 0.303 e. The number of hydrogen-bond donors (Lipinski definition) is 9. The maximum absolute atomic E-state index is 14.3. The van der Waals surface area contributed by atoms with Gasteiger partial charge in [-0.2, -0.15) is 0 Å². The second-order valence-electron chi connectivity index (χ2n) is 24.0. The van der Waals surface area contributed by atoms with Crippen molar-refractivity contribution in [3.8, 4) is 23.0 Å². The van der Waals surface area contributed by atoms with Crippen LogP contribution in [-0.2, 0) is 20.8 Å². The number of anilines is 6. The molecule has 2 amide bonds. The van der Waals surface area contributed by atoms with E-state index in [4.69, 9.17) is 24.1 Å². The third-order valence-electron chi connectivity index (χ3n) is 17.1. The zero-order valence-corrected chi connectivity index (χ0v) is 59.0. The number of H-pyrrole nitrogens is 2. The van der Waals surface area contributed by atoms with Crippen molar-refractivity contribution in [2.45, 2.75) is 53.4 Å². The van der Waals surface area contributed by atoms with Crippen LogP contribution < -0.4 is 51.2 Å². The van der Waals surface area contributed by atoms with Crippen LogP contribution in [-0.4, -0.2) is 117 Å². The third kappa shape index (κ3) is 17.2. The van der Waals surface area contributed by atoms with Gasteiger partial charge in [0, 0.05) is 95.9 Å². The maximum Gasteiger partial charge on any atom is 0.303 e. The lowest BCUT2D eigenvalue weighted by Gasteiger charge is -2.28. The van der Waals surface area contributed by atoms with Gasteiger partial charge in [-0.3, -0.25) is 19.4 Å². The van der Waals surface area contributed by atoms with Crippen molar-refractivity contribution in [2.75, 3.05) is 75.4 Å². The van der Waals surface area contributed by atoms with Crippen LogP contribution in [0.1, 0.15) is 69.9 Å². The molecule has 14 rings (SSSR count). The fraction of sp³-hybridized carbons (Fsp3) is 0.230. The van der Waals surface area contributed by atoms with Gasteiger partial charge in [0.15, 0.2) is 23.0 Å². The number of piperidine rings is 1. The SMILES string of the molecule is COc1cc2c(Nc3ccc(Br)cc3F)ncnc2cc1OCC1CCN(C)CC1.COc1cc2c(Nc3ccc(Br)cc3F)ncnc2cc1OCCN1C=CNN1.Cc1[nH]c(/C=C2\C(=O)Nc3ccccc32)c(C)c1CCC(=O)O.Cc1cc(C)c(/C=C2\C(=O)Nc3ccccc32)[nH]1. The number of fused-ring (bicyclic) bond motifs is 4. The highest BCUT2D eigenvalue weighted by molar-refractivity contribution is 9.10. The number of aromatic nitrogens is 6. The number of carbonyl (C=O) groups excluding carboxylic acids is 2. The number of carbonyl (C=O) groups is 3. The molecule has 0 unspecified atom stereocenters. The third-order valence-corrected chi connectivity index (χ3v) is 18.1. The quantitative estimate of drug-likeness (QED) is 0.0361. The largest absolute Gasteiger partial charge is 0.493 e. The van der Waals surface area contributed by atoms with E-state index in [9.17, 15) is 23.2 Å². The summed E-state index contributed by atoms with van der Waals surface area (Å²) in [6.45, 7) is 11.8. The van der Waals surface area contributed by atoms with E-state index in [1.54, 1.807) is 56.8 Å². The van der Waals surface area contributed by atoms with Crippen LogP contribution in [0.15, 0.2) is 149 Å². The summed E-state index contributed by atoms with van der Waals surface area (Å²) in [6.07, 6.45) is 13.1. The van der Waals surface area contributed by atoms with Crippen molar-refractivity contribution in [2.24, 2.45) is 5.92 Å². The number of aryl methyl sites for hydroxylation is 3. The van der Waals surface area contributed by atoms with E-state index in [0.717, 1.165) is 98.9 Å². The Morgan fingerprint density at radius 2 is 1.22 bits per heavy atom. The Bertz CT molecular complexity index is 4780. The van der Waals surface area contributed by atoms with Gasteiger partial charge in [0.1, 0.15) is 42.5 Å². The van der Waals surface area contributed by atoms with Crippen molar-refractivity contribution in [1.82, 2.24) is 50.8 Å². The molecule has 0 atom stereocenters. The minimum atomic E-state index is -0.811. The van der Waals surface area contributed by atoms with Crippen molar-refractivity contribution >= 4 is 129 Å². The number of ether oxygens (including phenoxy) is 4. The van der Waals surface area contributed by atoms with Crippen LogP contribution in [0.3, 0.4) is 0 Å². The monoisotopic (exact) mass is 1480 g/mol. The molecule has 22 nitrogen and oxygen atoms in total. The van der Waals surface area contributed by atoms with E-state index >= 15 is 0 Å². The molecule has 26 heteroatoms. The molecular formula is C74H74Br2F2N14O8. The van der Waals surface area contributed by atoms with Gasteiger partial charge in [0.05, 0.1) is 60.9 Å². The van der Waals surface area contributed by atoms with Crippen molar-refractivity contribution in [3.63, 3.8) is 0 Å². The lowest BCUT2D eigenvalue weighted by molar-refractivity contribution is -0.137. The van der Waals surface area contributed by atoms with E-state index in [0.29, 0.717) is 109 Å². The number of likely N-dealkylation sites (tertiary alicyclic amines) is 1. The Hall–Kier alpha value is -10.7. The van der Waals surface area contributed by atoms with E-state index in [1.807, 2.05) is 112 Å². The van der Waals surface area contributed by atoms with Gasteiger partial charge in [-0.05, 0) is 169 Å². The molecule has 6 aromatic carbocycles. The molecule has 0 saturated carbocycles. The fourth-order valence-electron chi connectivity index (χ4n) is 11.7. The molecule has 9 N–H and O–H groups in total. The molecule has 0 spiro atoms. The summed E-state index contributed by atoms with van der Waals surface area (Å²) in [7, 11) is 5.32. The van der Waals surface area contributed by atoms with Gasteiger partial charge in [0.2, 0.25) is 0 Å². The number of rotatable bonds is 18. The van der Waals surface area contributed by atoms with E-state index < -0.39 is 11.8 Å². The molecular weight excluding hydrogens is 1410 g/mol. The number of methoxy groups -OCH3 is 2. The number of aliphatic carboxylic acids is 1. The van der Waals surface area contributed by atoms with E-state index in [-0.39, 0.29) is 24.1 Å². The first-order chi connectivity index (χ1) is 48.3. The first-order valence-corrected chi connectivity index (χ1v) is 33.7. The molecule has 0 aliphatic carbocycles. The number of hydrogen-bond acceptors (Lipinski definition) is 17. The van der Waals surface area contributed by atoms with Gasteiger partial charge < -0.3 is 65.6 Å². The Morgan fingerprint density at radius 3 is 1.72 bits per heavy atom. The van der Waals surface area contributed by atoms with Gasteiger partial charge >= 0.3 is 5.97 Å². The maximum atomic E-state index is 14.3. The first-order valence-electron chi connectivity index (χ1n) is 32.1. The van der Waals surface area contributed by atoms with Crippen molar-refractivity contribution < 1.29 is 47.2 Å². The standard InChI is InChI=1S/C22H24BrFN4O2.C19H18BrFN6O2.C18H18N2O3.C15H14N2O/c1-28-7-5-14(6-8-28)12-30-21-11-19-16(10-20(21)29-2)22(26-13-25-19)27-18-4-3-15(23)9-17(18)24;1-28-17-9-13-16(10-18(17)29-7-6-27-5-4-24-26-27)22-11-23-19(13)25-15-3-2-12(20)8-14(15)21;1-10-12(7-8-17(21)22)11(2)19-16(10)9-14-13-5-3-4-6-15(13)20-18(14)23;1-9-7-10(2)16-14(9)8-12-11-5-3-4-6-13(11)17-15(12)18/h3-4,9-11,13-14H,5-8,12H2,1-2H3,(H,25,26,27);2-5,8-11,24,26H,6-7H2,1H3,(H,22,23,25);3-6,9,19H,7-8H2,1-2H3,(H,20,23)(H,21,22);3-8,16H,1-2H3,(H,17,18)/b;;14-9-;12-8-. The second kappa shape index (κ2) is 32.3. The highest BCUT2D eigenvalue weighted by atomic mass is 79.9. The number of carboxylic acid groups (broad SMARTS) is 1. The highest BCUT2D eigenvalue weighted by Crippen LogP contribution is 2.39. The Balaban J connectivity index is 0.000000137. The Kier molecular flexibility index (Phi) is 22.8. The lowest BCUT2D eigenvalue weighted by atomic mass is 9.98. The molecule has 4 aliphatic rings. The van der Waals surface area contributed by atoms with Crippen molar-refractivity contribution in [1.29, 1.82) is 0 Å². The zero-order chi connectivity index (χ0) is 70.6. The molecule has 4 aromatic heterocycles. The predicted molar refractivity (Wildman–Crippen MR) is 393 cm³/mol. The van der Waals surface area contributed by atoms with Crippen LogP contribution in [0.2, 0.25) is 0 Å². The fourth-order valence-corrected chi connectivity index (χ4v) is 12.4. The van der Waals surface area contributed by atoms with Gasteiger partial charge in [0.25, 0.3) is 11.8 Å². The number of benzene rings is 6. The second-order valence-corrected chi connectivity index (χ2v) is 25.8. The van der Waals surface area contributed by atoms with Gasteiger partial charge in [-0.25, -0.2) is 28.7 Å².